The van der Waals surface area contributed by atoms with Crippen LogP contribution in [-0.4, -0.2) is 35.0 Å². The number of aryl methyl sites for hydroxylation is 2. The van der Waals surface area contributed by atoms with Gasteiger partial charge in [0.25, 0.3) is 5.91 Å². The second-order valence-corrected chi connectivity index (χ2v) is 6.38. The molecule has 0 atom stereocenters. The molecule has 26 heavy (non-hydrogen) atoms. The number of hydrogen-bond acceptors (Lipinski definition) is 6. The molecule has 7 heteroatoms. The summed E-state index contributed by atoms with van der Waals surface area (Å²) >= 11 is 1.44. The summed E-state index contributed by atoms with van der Waals surface area (Å²) in [6.07, 6.45) is 5.06. The molecule has 1 aromatic carbocycles. The summed E-state index contributed by atoms with van der Waals surface area (Å²) in [4.78, 5) is 32.5. The molecular formula is C19H19N3O3S. The minimum atomic E-state index is -0.557. The maximum absolute atomic E-state index is 12.3. The molecule has 0 radical (unpaired) electrons. The molecule has 0 aliphatic rings. The van der Waals surface area contributed by atoms with Crippen molar-refractivity contribution in [2.24, 2.45) is 0 Å². The fourth-order valence-electron chi connectivity index (χ4n) is 2.16. The molecule has 0 fully saturated rings. The van der Waals surface area contributed by atoms with Gasteiger partial charge in [0, 0.05) is 17.1 Å². The van der Waals surface area contributed by atoms with Gasteiger partial charge in [-0.15, -0.1) is 6.42 Å². The number of ether oxygens (including phenoxy) is 1. The van der Waals surface area contributed by atoms with E-state index < -0.39 is 11.9 Å². The van der Waals surface area contributed by atoms with Gasteiger partial charge in [-0.1, -0.05) is 35.9 Å². The van der Waals surface area contributed by atoms with Crippen molar-refractivity contribution in [1.82, 2.24) is 15.3 Å². The van der Waals surface area contributed by atoms with E-state index in [1.807, 2.05) is 32.0 Å². The van der Waals surface area contributed by atoms with Crippen molar-refractivity contribution < 1.29 is 14.3 Å². The van der Waals surface area contributed by atoms with Crippen molar-refractivity contribution in [3.8, 4) is 12.3 Å². The van der Waals surface area contributed by atoms with E-state index in [2.05, 4.69) is 21.2 Å². The van der Waals surface area contributed by atoms with Crippen LogP contribution < -0.4 is 5.32 Å². The zero-order chi connectivity index (χ0) is 18.9. The number of rotatable bonds is 7. The SMILES string of the molecule is C#CCNC(=O)COC(=O)c1ccccc1CSc1nc(C)cc(C)n1. The molecule has 0 saturated carbocycles. The number of benzene rings is 1. The molecule has 0 spiro atoms. The van der Waals surface area contributed by atoms with Gasteiger partial charge in [-0.05, 0) is 31.5 Å². The molecular weight excluding hydrogens is 350 g/mol. The van der Waals surface area contributed by atoms with Crippen LogP contribution in [0, 0.1) is 26.2 Å². The zero-order valence-corrected chi connectivity index (χ0v) is 15.4. The molecule has 1 heterocycles. The number of terminal acetylenes is 1. The van der Waals surface area contributed by atoms with Crippen LogP contribution in [0.1, 0.15) is 27.3 Å². The maximum Gasteiger partial charge on any atom is 0.338 e. The average Bonchev–Trinajstić information content (AvgIpc) is 2.62. The Morgan fingerprint density at radius 2 is 1.92 bits per heavy atom. The number of carbonyl (C=O) groups is 2. The Bertz CT molecular complexity index is 826. The third-order valence-electron chi connectivity index (χ3n) is 3.28. The van der Waals surface area contributed by atoms with Crippen LogP contribution in [0.15, 0.2) is 35.5 Å². The highest BCUT2D eigenvalue weighted by atomic mass is 32.2. The Hall–Kier alpha value is -2.85. The lowest BCUT2D eigenvalue weighted by Crippen LogP contribution is -2.29. The van der Waals surface area contributed by atoms with Gasteiger partial charge in [0.2, 0.25) is 0 Å². The predicted molar refractivity (Wildman–Crippen MR) is 99.6 cm³/mol. The van der Waals surface area contributed by atoms with E-state index >= 15 is 0 Å². The number of nitrogens with zero attached hydrogens (tertiary/aromatic N) is 2. The van der Waals surface area contributed by atoms with Crippen LogP contribution in [0.3, 0.4) is 0 Å². The van der Waals surface area contributed by atoms with Gasteiger partial charge < -0.3 is 10.1 Å². The van der Waals surface area contributed by atoms with E-state index in [9.17, 15) is 9.59 Å². The molecule has 2 aromatic rings. The first-order valence-electron chi connectivity index (χ1n) is 7.90. The van der Waals surface area contributed by atoms with Crippen molar-refractivity contribution in [3.63, 3.8) is 0 Å². The second-order valence-electron chi connectivity index (χ2n) is 5.44. The number of aromatic nitrogens is 2. The minimum absolute atomic E-state index is 0.0967. The summed E-state index contributed by atoms with van der Waals surface area (Å²) in [5.41, 5.74) is 2.99. The van der Waals surface area contributed by atoms with Crippen molar-refractivity contribution in [1.29, 1.82) is 0 Å². The van der Waals surface area contributed by atoms with E-state index in [0.29, 0.717) is 16.5 Å². The number of thioether (sulfide) groups is 1. The third-order valence-corrected chi connectivity index (χ3v) is 4.17. The van der Waals surface area contributed by atoms with E-state index in [0.717, 1.165) is 17.0 Å². The molecule has 1 amide bonds. The molecule has 1 N–H and O–H groups in total. The molecule has 0 aliphatic carbocycles. The molecule has 0 aliphatic heterocycles. The van der Waals surface area contributed by atoms with Crippen LogP contribution in [0.4, 0.5) is 0 Å². The minimum Gasteiger partial charge on any atom is -0.452 e. The van der Waals surface area contributed by atoms with Gasteiger partial charge in [-0.25, -0.2) is 14.8 Å². The molecule has 134 valence electrons. The molecule has 0 bridgehead atoms. The van der Waals surface area contributed by atoms with Crippen LogP contribution in [0.5, 0.6) is 0 Å². The summed E-state index contributed by atoms with van der Waals surface area (Å²) in [6.45, 7) is 3.55. The predicted octanol–water partition coefficient (Wildman–Crippen LogP) is 2.29. The lowest BCUT2D eigenvalue weighted by molar-refractivity contribution is -0.123. The molecule has 0 saturated heterocycles. The van der Waals surface area contributed by atoms with Gasteiger partial charge in [0.15, 0.2) is 11.8 Å². The summed E-state index contributed by atoms with van der Waals surface area (Å²) in [5.74, 6) is 1.80. The Morgan fingerprint density at radius 3 is 2.62 bits per heavy atom. The topological polar surface area (TPSA) is 81.2 Å². The van der Waals surface area contributed by atoms with Crippen LogP contribution in [0.25, 0.3) is 0 Å². The van der Waals surface area contributed by atoms with E-state index in [4.69, 9.17) is 11.2 Å². The van der Waals surface area contributed by atoms with Crippen LogP contribution in [-0.2, 0) is 15.3 Å². The summed E-state index contributed by atoms with van der Waals surface area (Å²) in [7, 11) is 0. The number of esters is 1. The maximum atomic E-state index is 12.3. The first-order chi connectivity index (χ1) is 12.5. The van der Waals surface area contributed by atoms with Gasteiger partial charge in [0.1, 0.15) is 0 Å². The van der Waals surface area contributed by atoms with Gasteiger partial charge in [0.05, 0.1) is 12.1 Å². The van der Waals surface area contributed by atoms with Gasteiger partial charge in [-0.2, -0.15) is 0 Å². The Balaban J connectivity index is 2.01. The van der Waals surface area contributed by atoms with Gasteiger partial charge >= 0.3 is 5.97 Å². The number of carbonyl (C=O) groups excluding carboxylic acids is 2. The smallest absolute Gasteiger partial charge is 0.338 e. The molecule has 6 nitrogen and oxygen atoms in total. The lowest BCUT2D eigenvalue weighted by atomic mass is 10.1. The highest BCUT2D eigenvalue weighted by Gasteiger charge is 2.14. The molecule has 2 rings (SSSR count). The normalized spacial score (nSPS) is 10.0. The Labute approximate surface area is 156 Å². The van der Waals surface area contributed by atoms with Crippen molar-refractivity contribution in [2.75, 3.05) is 13.2 Å². The Morgan fingerprint density at radius 1 is 1.23 bits per heavy atom. The van der Waals surface area contributed by atoms with E-state index in [-0.39, 0.29) is 13.2 Å². The number of amides is 1. The zero-order valence-electron chi connectivity index (χ0n) is 14.6. The first kappa shape index (κ1) is 19.5. The van der Waals surface area contributed by atoms with Crippen molar-refractivity contribution in [2.45, 2.75) is 24.8 Å². The average molecular weight is 369 g/mol. The summed E-state index contributed by atoms with van der Waals surface area (Å²) in [6, 6.07) is 9.00. The highest BCUT2D eigenvalue weighted by molar-refractivity contribution is 7.98. The highest BCUT2D eigenvalue weighted by Crippen LogP contribution is 2.22. The molecule has 0 unspecified atom stereocenters. The quantitative estimate of drug-likeness (QED) is 0.349. The van der Waals surface area contributed by atoms with Crippen molar-refractivity contribution >= 4 is 23.6 Å². The number of hydrogen-bond donors (Lipinski definition) is 1. The summed E-state index contributed by atoms with van der Waals surface area (Å²) < 4.78 is 5.06. The Kier molecular flexibility index (Phi) is 7.18. The van der Waals surface area contributed by atoms with Crippen LogP contribution >= 0.6 is 11.8 Å². The van der Waals surface area contributed by atoms with Crippen LogP contribution in [0.2, 0.25) is 0 Å². The lowest BCUT2D eigenvalue weighted by Gasteiger charge is -2.09. The largest absolute Gasteiger partial charge is 0.452 e. The first-order valence-corrected chi connectivity index (χ1v) is 8.88. The van der Waals surface area contributed by atoms with Gasteiger partial charge in [-0.3, -0.25) is 4.79 Å². The molecule has 1 aromatic heterocycles. The third kappa shape index (κ3) is 5.90. The van der Waals surface area contributed by atoms with Crippen molar-refractivity contribution in [3.05, 3.63) is 52.8 Å². The number of nitrogens with one attached hydrogen (secondary N) is 1. The standard InChI is InChI=1S/C19H19N3O3S/c1-4-9-20-17(23)11-25-18(24)16-8-6-5-7-15(16)12-26-19-21-13(2)10-14(3)22-19/h1,5-8,10H,9,11-12H2,2-3H3,(H,20,23). The van der Waals surface area contributed by atoms with E-state index in [1.165, 1.54) is 11.8 Å². The fourth-order valence-corrected chi connectivity index (χ4v) is 3.11. The second kappa shape index (κ2) is 9.59. The van der Waals surface area contributed by atoms with E-state index in [1.54, 1.807) is 12.1 Å². The summed E-state index contributed by atoms with van der Waals surface area (Å²) in [5, 5.41) is 3.09. The monoisotopic (exact) mass is 369 g/mol. The fraction of sp³-hybridized carbons (Fsp3) is 0.263.